The van der Waals surface area contributed by atoms with Gasteiger partial charge in [0.2, 0.25) is 5.95 Å². The summed E-state index contributed by atoms with van der Waals surface area (Å²) in [5, 5.41) is 8.69. The van der Waals surface area contributed by atoms with Crippen molar-refractivity contribution in [2.75, 3.05) is 36.5 Å². The number of benzene rings is 1. The van der Waals surface area contributed by atoms with E-state index >= 15 is 0 Å². The van der Waals surface area contributed by atoms with Crippen molar-refractivity contribution < 1.29 is 4.74 Å². The highest BCUT2D eigenvalue weighted by molar-refractivity contribution is 5.88. The summed E-state index contributed by atoms with van der Waals surface area (Å²) in [6.07, 6.45) is 1.83. The van der Waals surface area contributed by atoms with Gasteiger partial charge in [-0.05, 0) is 25.5 Å². The molecule has 0 amide bonds. The number of nitrogens with one attached hydrogen (secondary N) is 1. The average Bonchev–Trinajstić information content (AvgIpc) is 2.99. The normalized spacial score (nSPS) is 14.9. The van der Waals surface area contributed by atoms with Crippen molar-refractivity contribution in [2.24, 2.45) is 7.05 Å². The maximum absolute atomic E-state index is 5.47. The second-order valence-electron chi connectivity index (χ2n) is 6.42. The highest BCUT2D eigenvalue weighted by Gasteiger charge is 2.19. The van der Waals surface area contributed by atoms with E-state index in [4.69, 9.17) is 9.72 Å². The molecule has 1 N–H and O–H groups in total. The Kier molecular flexibility index (Phi) is 4.01. The molecule has 0 unspecified atom stereocenters. The number of rotatable bonds is 3. The van der Waals surface area contributed by atoms with Gasteiger partial charge in [-0.25, -0.2) is 0 Å². The van der Waals surface area contributed by atoms with Gasteiger partial charge < -0.3 is 15.0 Å². The summed E-state index contributed by atoms with van der Waals surface area (Å²) >= 11 is 0. The third-order valence-electron chi connectivity index (χ3n) is 4.51. The monoisotopic (exact) mass is 338 g/mol. The zero-order valence-electron chi connectivity index (χ0n) is 14.8. The summed E-state index contributed by atoms with van der Waals surface area (Å²) in [6.45, 7) is 7.25. The predicted octanol–water partition coefficient (Wildman–Crippen LogP) is 2.56. The molecule has 25 heavy (non-hydrogen) atoms. The summed E-state index contributed by atoms with van der Waals surface area (Å²) in [6, 6.07) is 6.30. The Balaban J connectivity index is 1.77. The fourth-order valence-electron chi connectivity index (χ4n) is 3.15. The lowest BCUT2D eigenvalue weighted by Gasteiger charge is -2.28. The first-order valence-electron chi connectivity index (χ1n) is 8.48. The van der Waals surface area contributed by atoms with Crippen LogP contribution in [0.4, 0.5) is 17.5 Å². The van der Waals surface area contributed by atoms with Crippen LogP contribution in [0.1, 0.15) is 11.1 Å². The highest BCUT2D eigenvalue weighted by atomic mass is 16.5. The Morgan fingerprint density at radius 2 is 1.92 bits per heavy atom. The largest absolute Gasteiger partial charge is 0.378 e. The molecule has 0 atom stereocenters. The van der Waals surface area contributed by atoms with Crippen LogP contribution < -0.4 is 10.2 Å². The molecule has 7 heteroatoms. The molecule has 0 spiro atoms. The van der Waals surface area contributed by atoms with Crippen LogP contribution in [0.2, 0.25) is 0 Å². The van der Waals surface area contributed by atoms with Crippen molar-refractivity contribution in [1.82, 2.24) is 19.7 Å². The van der Waals surface area contributed by atoms with E-state index in [2.05, 4.69) is 52.3 Å². The van der Waals surface area contributed by atoms with Crippen molar-refractivity contribution in [1.29, 1.82) is 0 Å². The number of hydrogen-bond donors (Lipinski definition) is 1. The molecule has 3 aromatic rings. The first kappa shape index (κ1) is 15.8. The second kappa shape index (κ2) is 6.33. The number of anilines is 3. The third-order valence-corrected chi connectivity index (χ3v) is 4.51. The molecule has 1 fully saturated rings. The van der Waals surface area contributed by atoms with Crippen molar-refractivity contribution in [3.63, 3.8) is 0 Å². The topological polar surface area (TPSA) is 68.1 Å². The zero-order valence-corrected chi connectivity index (χ0v) is 14.8. The van der Waals surface area contributed by atoms with Gasteiger partial charge in [-0.3, -0.25) is 4.68 Å². The lowest BCUT2D eigenvalue weighted by Crippen LogP contribution is -2.37. The Hall–Kier alpha value is -2.67. The number of nitrogens with zero attached hydrogens (tertiary/aromatic N) is 5. The van der Waals surface area contributed by atoms with E-state index in [1.165, 1.54) is 11.1 Å². The van der Waals surface area contributed by atoms with E-state index in [-0.39, 0.29) is 0 Å². The molecule has 1 aliphatic rings. The van der Waals surface area contributed by atoms with Gasteiger partial charge in [0.15, 0.2) is 5.65 Å². The Labute approximate surface area is 146 Å². The fourth-order valence-corrected chi connectivity index (χ4v) is 3.15. The average molecular weight is 338 g/mol. The molecule has 4 rings (SSSR count). The van der Waals surface area contributed by atoms with Crippen LogP contribution in [0.25, 0.3) is 11.0 Å². The van der Waals surface area contributed by atoms with Gasteiger partial charge in [-0.15, -0.1) is 0 Å². The molecule has 0 radical (unpaired) electrons. The molecule has 0 aliphatic carbocycles. The molecule has 3 heterocycles. The smallest absolute Gasteiger partial charge is 0.231 e. The van der Waals surface area contributed by atoms with Crippen LogP contribution in [-0.2, 0) is 11.8 Å². The molecule has 0 saturated carbocycles. The van der Waals surface area contributed by atoms with Gasteiger partial charge >= 0.3 is 0 Å². The molecule has 1 saturated heterocycles. The van der Waals surface area contributed by atoms with Crippen molar-refractivity contribution in [3.05, 3.63) is 35.5 Å². The zero-order chi connectivity index (χ0) is 17.4. The van der Waals surface area contributed by atoms with E-state index in [1.54, 1.807) is 4.68 Å². The summed E-state index contributed by atoms with van der Waals surface area (Å²) in [5.74, 6) is 1.50. The van der Waals surface area contributed by atoms with Gasteiger partial charge in [-0.1, -0.05) is 17.7 Å². The Bertz CT molecular complexity index is 913. The first-order valence-corrected chi connectivity index (χ1v) is 8.48. The standard InChI is InChI=1S/C18H22N6O/c1-12-4-5-15(13(2)10-12)20-18-21-16-14(11-19-23(16)3)17(22-18)24-6-8-25-9-7-24/h4-5,10-11H,6-9H2,1-3H3,(H,20,21,22). The highest BCUT2D eigenvalue weighted by Crippen LogP contribution is 2.27. The molecule has 1 aliphatic heterocycles. The summed E-state index contributed by atoms with van der Waals surface area (Å²) in [4.78, 5) is 11.7. The fraction of sp³-hybridized carbons (Fsp3) is 0.389. The Morgan fingerprint density at radius 1 is 1.12 bits per heavy atom. The maximum atomic E-state index is 5.47. The van der Waals surface area contributed by atoms with Crippen LogP contribution in [0, 0.1) is 13.8 Å². The second-order valence-corrected chi connectivity index (χ2v) is 6.42. The van der Waals surface area contributed by atoms with Gasteiger partial charge in [0.1, 0.15) is 5.82 Å². The number of fused-ring (bicyclic) bond motifs is 1. The lowest BCUT2D eigenvalue weighted by molar-refractivity contribution is 0.122. The molecule has 0 bridgehead atoms. The molecule has 130 valence electrons. The number of morpholine rings is 1. The Morgan fingerprint density at radius 3 is 2.68 bits per heavy atom. The summed E-state index contributed by atoms with van der Waals surface area (Å²) in [7, 11) is 1.90. The van der Waals surface area contributed by atoms with Gasteiger partial charge in [0.25, 0.3) is 0 Å². The third kappa shape index (κ3) is 3.02. The molecule has 1 aromatic carbocycles. The maximum Gasteiger partial charge on any atom is 0.231 e. The minimum Gasteiger partial charge on any atom is -0.378 e. The van der Waals surface area contributed by atoms with E-state index in [9.17, 15) is 0 Å². The minimum atomic E-state index is 0.588. The lowest BCUT2D eigenvalue weighted by atomic mass is 10.1. The quantitative estimate of drug-likeness (QED) is 0.792. The molecular weight excluding hydrogens is 316 g/mol. The van der Waals surface area contributed by atoms with Crippen molar-refractivity contribution in [3.8, 4) is 0 Å². The van der Waals surface area contributed by atoms with E-state index in [0.29, 0.717) is 19.2 Å². The van der Waals surface area contributed by atoms with E-state index < -0.39 is 0 Å². The van der Waals surface area contributed by atoms with Crippen molar-refractivity contribution >= 4 is 28.5 Å². The van der Waals surface area contributed by atoms with Gasteiger partial charge in [0, 0.05) is 25.8 Å². The summed E-state index contributed by atoms with van der Waals surface area (Å²) < 4.78 is 7.26. The SMILES string of the molecule is Cc1ccc(Nc2nc(N3CCOCC3)c3cnn(C)c3n2)c(C)c1. The number of aryl methyl sites for hydroxylation is 3. The van der Waals surface area contributed by atoms with E-state index in [0.717, 1.165) is 35.6 Å². The van der Waals surface area contributed by atoms with Gasteiger partial charge in [0.05, 0.1) is 24.8 Å². The predicted molar refractivity (Wildman–Crippen MR) is 98.5 cm³/mol. The minimum absolute atomic E-state index is 0.588. The van der Waals surface area contributed by atoms with Crippen LogP contribution >= 0.6 is 0 Å². The number of aromatic nitrogens is 4. The van der Waals surface area contributed by atoms with Crippen LogP contribution in [0.3, 0.4) is 0 Å². The summed E-state index contributed by atoms with van der Waals surface area (Å²) in [5.41, 5.74) is 4.24. The first-order chi connectivity index (χ1) is 12.1. The van der Waals surface area contributed by atoms with E-state index in [1.807, 2.05) is 13.2 Å². The number of hydrogen-bond acceptors (Lipinski definition) is 6. The van der Waals surface area contributed by atoms with Gasteiger partial charge in [-0.2, -0.15) is 15.1 Å². The van der Waals surface area contributed by atoms with Crippen LogP contribution in [-0.4, -0.2) is 46.1 Å². The number of ether oxygens (including phenoxy) is 1. The molecular formula is C18H22N6O. The van der Waals surface area contributed by atoms with Crippen LogP contribution in [0.5, 0.6) is 0 Å². The molecule has 2 aromatic heterocycles. The van der Waals surface area contributed by atoms with Crippen molar-refractivity contribution in [2.45, 2.75) is 13.8 Å². The van der Waals surface area contributed by atoms with Crippen LogP contribution in [0.15, 0.2) is 24.4 Å². The molecule has 7 nitrogen and oxygen atoms in total.